The summed E-state index contributed by atoms with van der Waals surface area (Å²) in [6.45, 7) is 3.45. The van der Waals surface area contributed by atoms with Crippen LogP contribution in [0.25, 0.3) is 0 Å². The SMILES string of the molecule is Cc1cc(C)n(S(=O)(=O)c2cccnc2)n1. The summed E-state index contributed by atoms with van der Waals surface area (Å²) in [7, 11) is -3.61. The van der Waals surface area contributed by atoms with Gasteiger partial charge in [0.05, 0.1) is 11.4 Å². The molecule has 0 radical (unpaired) electrons. The van der Waals surface area contributed by atoms with Crippen LogP contribution >= 0.6 is 0 Å². The smallest absolute Gasteiger partial charge is 0.263 e. The van der Waals surface area contributed by atoms with E-state index in [1.165, 1.54) is 18.5 Å². The molecule has 2 aromatic heterocycles. The van der Waals surface area contributed by atoms with E-state index in [4.69, 9.17) is 0 Å². The fraction of sp³-hybridized carbons (Fsp3) is 0.200. The molecule has 0 aliphatic rings. The largest absolute Gasteiger partial charge is 0.284 e. The zero-order chi connectivity index (χ0) is 11.8. The maximum atomic E-state index is 12.1. The van der Waals surface area contributed by atoms with Gasteiger partial charge in [-0.15, -0.1) is 0 Å². The number of pyridine rings is 1. The van der Waals surface area contributed by atoms with E-state index in [0.717, 1.165) is 4.09 Å². The molecule has 0 aliphatic heterocycles. The lowest BCUT2D eigenvalue weighted by Gasteiger charge is -2.05. The minimum Gasteiger partial charge on any atom is -0.263 e. The third kappa shape index (κ3) is 1.71. The lowest BCUT2D eigenvalue weighted by molar-refractivity contribution is 0.577. The Kier molecular flexibility index (Phi) is 2.51. The predicted octanol–water partition coefficient (Wildman–Crippen LogP) is 1.13. The van der Waals surface area contributed by atoms with Gasteiger partial charge in [-0.1, -0.05) is 0 Å². The number of hydrogen-bond acceptors (Lipinski definition) is 4. The monoisotopic (exact) mass is 237 g/mol. The van der Waals surface area contributed by atoms with Gasteiger partial charge in [0, 0.05) is 12.4 Å². The lowest BCUT2D eigenvalue weighted by Crippen LogP contribution is -2.16. The molecule has 0 amide bonds. The molecular weight excluding hydrogens is 226 g/mol. The molecule has 0 aliphatic carbocycles. The second-order valence-corrected chi connectivity index (χ2v) is 5.23. The molecule has 0 spiro atoms. The Balaban J connectivity index is 2.61. The van der Waals surface area contributed by atoms with Crippen LogP contribution in [-0.2, 0) is 10.0 Å². The van der Waals surface area contributed by atoms with E-state index in [0.29, 0.717) is 11.4 Å². The molecule has 5 nitrogen and oxygen atoms in total. The molecule has 0 bridgehead atoms. The summed E-state index contributed by atoms with van der Waals surface area (Å²) in [6, 6.07) is 4.80. The third-order valence-electron chi connectivity index (χ3n) is 2.13. The second-order valence-electron chi connectivity index (χ2n) is 3.46. The van der Waals surface area contributed by atoms with Crippen molar-refractivity contribution in [1.82, 2.24) is 14.2 Å². The van der Waals surface area contributed by atoms with Crippen molar-refractivity contribution in [1.29, 1.82) is 0 Å². The Hall–Kier alpha value is -1.69. The summed E-state index contributed by atoms with van der Waals surface area (Å²) < 4.78 is 25.3. The number of rotatable bonds is 2. The van der Waals surface area contributed by atoms with Gasteiger partial charge < -0.3 is 0 Å². The lowest BCUT2D eigenvalue weighted by atomic mass is 10.4. The maximum absolute atomic E-state index is 12.1. The van der Waals surface area contributed by atoms with Gasteiger partial charge in [-0.05, 0) is 32.0 Å². The van der Waals surface area contributed by atoms with Crippen LogP contribution in [0.3, 0.4) is 0 Å². The van der Waals surface area contributed by atoms with Crippen molar-refractivity contribution >= 4 is 10.0 Å². The molecule has 84 valence electrons. The first kappa shape index (κ1) is 10.8. The molecule has 6 heteroatoms. The first-order valence-corrected chi connectivity index (χ1v) is 6.15. The van der Waals surface area contributed by atoms with Crippen LogP contribution in [0.5, 0.6) is 0 Å². The maximum Gasteiger partial charge on any atom is 0.284 e. The van der Waals surface area contributed by atoms with E-state index in [1.54, 1.807) is 26.0 Å². The summed E-state index contributed by atoms with van der Waals surface area (Å²) in [6.07, 6.45) is 2.84. The quantitative estimate of drug-likeness (QED) is 0.785. The van der Waals surface area contributed by atoms with Gasteiger partial charge in [0.1, 0.15) is 4.90 Å². The van der Waals surface area contributed by atoms with Crippen LogP contribution < -0.4 is 0 Å². The van der Waals surface area contributed by atoms with Crippen molar-refractivity contribution in [2.24, 2.45) is 0 Å². The summed E-state index contributed by atoms with van der Waals surface area (Å²) in [5.74, 6) is 0. The molecule has 0 saturated carbocycles. The molecule has 0 unspecified atom stereocenters. The van der Waals surface area contributed by atoms with Crippen LogP contribution in [-0.4, -0.2) is 22.6 Å². The summed E-state index contributed by atoms with van der Waals surface area (Å²) >= 11 is 0. The van der Waals surface area contributed by atoms with Crippen molar-refractivity contribution in [3.8, 4) is 0 Å². The highest BCUT2D eigenvalue weighted by molar-refractivity contribution is 7.89. The normalized spacial score (nSPS) is 11.6. The van der Waals surface area contributed by atoms with Gasteiger partial charge in [0.25, 0.3) is 10.0 Å². The van der Waals surface area contributed by atoms with E-state index < -0.39 is 10.0 Å². The molecule has 0 saturated heterocycles. The summed E-state index contributed by atoms with van der Waals surface area (Å²) in [5.41, 5.74) is 1.26. The average Bonchev–Trinajstić information content (AvgIpc) is 2.60. The first-order valence-electron chi connectivity index (χ1n) is 4.71. The van der Waals surface area contributed by atoms with E-state index in [2.05, 4.69) is 10.1 Å². The standard InChI is InChI=1S/C10H11N3O2S/c1-8-6-9(2)13(12-8)16(14,15)10-4-3-5-11-7-10/h3-7H,1-2H3. The fourth-order valence-corrected chi connectivity index (χ4v) is 2.76. The zero-order valence-electron chi connectivity index (χ0n) is 8.95. The Morgan fingerprint density at radius 1 is 1.31 bits per heavy atom. The van der Waals surface area contributed by atoms with Crippen LogP contribution in [0.15, 0.2) is 35.5 Å². The molecule has 16 heavy (non-hydrogen) atoms. The average molecular weight is 237 g/mol. The Morgan fingerprint density at radius 2 is 2.06 bits per heavy atom. The molecule has 0 fully saturated rings. The van der Waals surface area contributed by atoms with Gasteiger partial charge in [-0.2, -0.15) is 17.6 Å². The number of aryl methyl sites for hydroxylation is 2. The predicted molar refractivity (Wildman–Crippen MR) is 58.5 cm³/mol. The molecule has 2 aromatic rings. The van der Waals surface area contributed by atoms with Crippen molar-refractivity contribution in [3.63, 3.8) is 0 Å². The van der Waals surface area contributed by atoms with E-state index in [-0.39, 0.29) is 4.90 Å². The Bertz CT molecular complexity index is 602. The van der Waals surface area contributed by atoms with E-state index in [1.807, 2.05) is 0 Å². The molecule has 0 aromatic carbocycles. The molecule has 2 heterocycles. The number of aromatic nitrogens is 3. The van der Waals surface area contributed by atoms with Crippen LogP contribution in [0.4, 0.5) is 0 Å². The molecule has 0 N–H and O–H groups in total. The zero-order valence-corrected chi connectivity index (χ0v) is 9.77. The highest BCUT2D eigenvalue weighted by atomic mass is 32.2. The number of hydrogen-bond donors (Lipinski definition) is 0. The van der Waals surface area contributed by atoms with Gasteiger partial charge in [-0.25, -0.2) is 0 Å². The van der Waals surface area contributed by atoms with Crippen molar-refractivity contribution in [3.05, 3.63) is 42.0 Å². The van der Waals surface area contributed by atoms with Crippen LogP contribution in [0.1, 0.15) is 11.4 Å². The minimum atomic E-state index is -3.61. The van der Waals surface area contributed by atoms with Crippen LogP contribution in [0, 0.1) is 13.8 Å². The van der Waals surface area contributed by atoms with Gasteiger partial charge in [0.15, 0.2) is 0 Å². The van der Waals surface area contributed by atoms with Gasteiger partial charge >= 0.3 is 0 Å². The number of nitrogens with zero attached hydrogens (tertiary/aromatic N) is 3. The molecule has 0 atom stereocenters. The topological polar surface area (TPSA) is 64.8 Å². The third-order valence-corrected chi connectivity index (χ3v) is 3.79. The highest BCUT2D eigenvalue weighted by Crippen LogP contribution is 2.14. The van der Waals surface area contributed by atoms with Crippen LogP contribution in [0.2, 0.25) is 0 Å². The highest BCUT2D eigenvalue weighted by Gasteiger charge is 2.19. The Labute approximate surface area is 93.8 Å². The fourth-order valence-electron chi connectivity index (χ4n) is 1.45. The van der Waals surface area contributed by atoms with E-state index in [9.17, 15) is 8.42 Å². The first-order chi connectivity index (χ1) is 7.51. The summed E-state index contributed by atoms with van der Waals surface area (Å²) in [4.78, 5) is 3.93. The second kappa shape index (κ2) is 3.71. The van der Waals surface area contributed by atoms with Crippen molar-refractivity contribution in [2.45, 2.75) is 18.7 Å². The van der Waals surface area contributed by atoms with Gasteiger partial charge in [0.2, 0.25) is 0 Å². The Morgan fingerprint density at radius 3 is 2.56 bits per heavy atom. The van der Waals surface area contributed by atoms with Gasteiger partial charge in [-0.3, -0.25) is 4.98 Å². The van der Waals surface area contributed by atoms with E-state index >= 15 is 0 Å². The minimum absolute atomic E-state index is 0.140. The molecule has 2 rings (SSSR count). The van der Waals surface area contributed by atoms with Crippen molar-refractivity contribution in [2.75, 3.05) is 0 Å². The van der Waals surface area contributed by atoms with Crippen molar-refractivity contribution < 1.29 is 8.42 Å². The molecular formula is C10H11N3O2S. The summed E-state index contributed by atoms with van der Waals surface area (Å²) in [5, 5.41) is 3.96.